The van der Waals surface area contributed by atoms with Crippen LogP contribution in [0.3, 0.4) is 0 Å². The van der Waals surface area contributed by atoms with E-state index >= 15 is 0 Å². The van der Waals surface area contributed by atoms with E-state index in [4.69, 9.17) is 4.99 Å². The number of amidine groups is 1. The molecule has 0 spiro atoms. The van der Waals surface area contributed by atoms with Crippen LogP contribution in [0.2, 0.25) is 0 Å². The molecule has 2 aliphatic rings. The molecule has 1 atom stereocenters. The molecule has 0 aromatic rings. The lowest BCUT2D eigenvalue weighted by molar-refractivity contribution is 0.318. The molecule has 1 fully saturated rings. The smallest absolute Gasteiger partial charge is 0.156 e. The van der Waals surface area contributed by atoms with Crippen LogP contribution in [-0.2, 0) is 0 Å². The number of hydrogen-bond acceptors (Lipinski definition) is 3. The number of thioether (sulfide) groups is 1. The van der Waals surface area contributed by atoms with Crippen LogP contribution in [0.25, 0.3) is 0 Å². The molecule has 0 aromatic heterocycles. The van der Waals surface area contributed by atoms with Gasteiger partial charge in [0, 0.05) is 18.3 Å². The van der Waals surface area contributed by atoms with Gasteiger partial charge < -0.3 is 5.32 Å². The van der Waals surface area contributed by atoms with Crippen molar-refractivity contribution in [3.8, 4) is 0 Å². The first-order valence-corrected chi connectivity index (χ1v) is 7.44. The Labute approximate surface area is 104 Å². The Bertz CT molecular complexity index is 292. The highest BCUT2D eigenvalue weighted by Gasteiger charge is 2.46. The van der Waals surface area contributed by atoms with E-state index in [2.05, 4.69) is 33.0 Å². The molecule has 2 nitrogen and oxygen atoms in total. The SMILES string of the molecule is CCC1(CC)CN=C(NC2CC2(C)C)SC1. The fourth-order valence-corrected chi connectivity index (χ4v) is 3.50. The minimum absolute atomic E-state index is 0.467. The summed E-state index contributed by atoms with van der Waals surface area (Å²) in [5.41, 5.74) is 0.960. The normalized spacial score (nSPS) is 30.8. The molecule has 1 aliphatic carbocycles. The lowest BCUT2D eigenvalue weighted by Crippen LogP contribution is -2.36. The van der Waals surface area contributed by atoms with Gasteiger partial charge >= 0.3 is 0 Å². The van der Waals surface area contributed by atoms with Gasteiger partial charge in [0.25, 0.3) is 0 Å². The third-order valence-corrected chi connectivity index (χ3v) is 5.66. The molecule has 0 amide bonds. The Morgan fingerprint density at radius 1 is 1.38 bits per heavy atom. The van der Waals surface area contributed by atoms with E-state index < -0.39 is 0 Å². The van der Waals surface area contributed by atoms with Crippen molar-refractivity contribution in [3.05, 3.63) is 0 Å². The number of hydrogen-bond donors (Lipinski definition) is 1. The van der Waals surface area contributed by atoms with Crippen molar-refractivity contribution < 1.29 is 0 Å². The van der Waals surface area contributed by atoms with Crippen molar-refractivity contribution >= 4 is 16.9 Å². The molecule has 0 bridgehead atoms. The molecule has 0 saturated heterocycles. The average molecular weight is 240 g/mol. The van der Waals surface area contributed by atoms with Crippen molar-refractivity contribution in [1.29, 1.82) is 0 Å². The van der Waals surface area contributed by atoms with Crippen LogP contribution in [0, 0.1) is 10.8 Å². The molecule has 3 heteroatoms. The second-order valence-electron chi connectivity index (χ2n) is 6.01. The van der Waals surface area contributed by atoms with E-state index in [1.807, 2.05) is 11.8 Å². The summed E-state index contributed by atoms with van der Waals surface area (Å²) in [7, 11) is 0. The fourth-order valence-electron chi connectivity index (χ4n) is 2.18. The molecule has 1 unspecified atom stereocenters. The molecular formula is C13H24N2S. The van der Waals surface area contributed by atoms with Gasteiger partial charge in [-0.3, -0.25) is 4.99 Å². The Balaban J connectivity index is 1.89. The third kappa shape index (κ3) is 2.39. The minimum atomic E-state index is 0.467. The molecule has 0 radical (unpaired) electrons. The van der Waals surface area contributed by atoms with Gasteiger partial charge in [-0.15, -0.1) is 0 Å². The highest BCUT2D eigenvalue weighted by molar-refractivity contribution is 8.13. The molecular weight excluding hydrogens is 216 g/mol. The van der Waals surface area contributed by atoms with Gasteiger partial charge in [-0.1, -0.05) is 39.5 Å². The molecule has 2 rings (SSSR count). The minimum Gasteiger partial charge on any atom is -0.362 e. The van der Waals surface area contributed by atoms with Gasteiger partial charge in [-0.25, -0.2) is 0 Å². The van der Waals surface area contributed by atoms with Crippen molar-refractivity contribution in [3.63, 3.8) is 0 Å². The Morgan fingerprint density at radius 2 is 2.00 bits per heavy atom. The summed E-state index contributed by atoms with van der Waals surface area (Å²) < 4.78 is 0. The Kier molecular flexibility index (Phi) is 3.26. The van der Waals surface area contributed by atoms with Crippen LogP contribution in [0.5, 0.6) is 0 Å². The summed E-state index contributed by atoms with van der Waals surface area (Å²) in [5.74, 6) is 1.24. The molecule has 0 aromatic carbocycles. The highest BCUT2D eigenvalue weighted by atomic mass is 32.2. The van der Waals surface area contributed by atoms with Crippen molar-refractivity contribution in [1.82, 2.24) is 5.32 Å². The average Bonchev–Trinajstić information content (AvgIpc) is 2.88. The zero-order valence-corrected chi connectivity index (χ0v) is 11.8. The Morgan fingerprint density at radius 3 is 2.38 bits per heavy atom. The van der Waals surface area contributed by atoms with Gasteiger partial charge in [0.15, 0.2) is 5.17 Å². The summed E-state index contributed by atoms with van der Waals surface area (Å²) in [4.78, 5) is 4.74. The molecule has 1 N–H and O–H groups in total. The van der Waals surface area contributed by atoms with Crippen LogP contribution < -0.4 is 5.32 Å². The van der Waals surface area contributed by atoms with Crippen LogP contribution in [-0.4, -0.2) is 23.5 Å². The van der Waals surface area contributed by atoms with E-state index in [9.17, 15) is 0 Å². The standard InChI is InChI=1S/C13H24N2S/c1-5-13(6-2)8-14-11(16-9-13)15-10-7-12(10,3)4/h10H,5-9H2,1-4H3,(H,14,15). The maximum absolute atomic E-state index is 4.74. The van der Waals surface area contributed by atoms with Crippen molar-refractivity contribution in [2.75, 3.05) is 12.3 Å². The van der Waals surface area contributed by atoms with E-state index in [1.165, 1.54) is 30.2 Å². The van der Waals surface area contributed by atoms with Gasteiger partial charge in [0.2, 0.25) is 0 Å². The van der Waals surface area contributed by atoms with E-state index in [0.29, 0.717) is 16.9 Å². The third-order valence-electron chi connectivity index (χ3n) is 4.38. The monoisotopic (exact) mass is 240 g/mol. The van der Waals surface area contributed by atoms with Gasteiger partial charge in [0.1, 0.15) is 0 Å². The number of nitrogens with one attached hydrogen (secondary N) is 1. The van der Waals surface area contributed by atoms with E-state index in [-0.39, 0.29) is 0 Å². The fraction of sp³-hybridized carbons (Fsp3) is 0.923. The lowest BCUT2D eigenvalue weighted by Gasteiger charge is -2.33. The predicted molar refractivity (Wildman–Crippen MR) is 73.1 cm³/mol. The van der Waals surface area contributed by atoms with Crippen molar-refractivity contribution in [2.24, 2.45) is 15.8 Å². The lowest BCUT2D eigenvalue weighted by atomic mass is 9.84. The van der Waals surface area contributed by atoms with Crippen LogP contribution in [0.15, 0.2) is 4.99 Å². The number of rotatable bonds is 3. The quantitative estimate of drug-likeness (QED) is 0.818. The molecule has 1 heterocycles. The second-order valence-corrected chi connectivity index (χ2v) is 6.97. The van der Waals surface area contributed by atoms with Crippen LogP contribution >= 0.6 is 11.8 Å². The zero-order chi connectivity index (χ0) is 11.8. The number of nitrogens with zero attached hydrogens (tertiary/aromatic N) is 1. The highest BCUT2D eigenvalue weighted by Crippen LogP contribution is 2.45. The van der Waals surface area contributed by atoms with Crippen LogP contribution in [0.4, 0.5) is 0 Å². The van der Waals surface area contributed by atoms with Gasteiger partial charge in [-0.2, -0.15) is 0 Å². The van der Waals surface area contributed by atoms with Crippen molar-refractivity contribution in [2.45, 2.75) is 53.0 Å². The summed E-state index contributed by atoms with van der Waals surface area (Å²) >= 11 is 1.93. The first-order chi connectivity index (χ1) is 7.51. The summed E-state index contributed by atoms with van der Waals surface area (Å²) in [6.45, 7) is 10.2. The molecule has 1 aliphatic heterocycles. The summed E-state index contributed by atoms with van der Waals surface area (Å²) in [6, 6.07) is 0.662. The first-order valence-electron chi connectivity index (χ1n) is 6.45. The summed E-state index contributed by atoms with van der Waals surface area (Å²) in [5, 5.41) is 4.77. The molecule has 92 valence electrons. The number of aliphatic imine (C=N–C) groups is 1. The largest absolute Gasteiger partial charge is 0.362 e. The second kappa shape index (κ2) is 4.25. The first kappa shape index (κ1) is 12.3. The maximum atomic E-state index is 4.74. The van der Waals surface area contributed by atoms with Crippen LogP contribution in [0.1, 0.15) is 47.0 Å². The molecule has 1 saturated carbocycles. The van der Waals surface area contributed by atoms with Gasteiger partial charge in [0.05, 0.1) is 0 Å². The van der Waals surface area contributed by atoms with Gasteiger partial charge in [-0.05, 0) is 30.1 Å². The topological polar surface area (TPSA) is 24.4 Å². The predicted octanol–water partition coefficient (Wildman–Crippen LogP) is 3.28. The molecule has 16 heavy (non-hydrogen) atoms. The zero-order valence-electron chi connectivity index (χ0n) is 11.0. The van der Waals surface area contributed by atoms with E-state index in [1.54, 1.807) is 0 Å². The maximum Gasteiger partial charge on any atom is 0.156 e. The Hall–Kier alpha value is -0.180. The summed E-state index contributed by atoms with van der Waals surface area (Å²) in [6.07, 6.45) is 3.80. The van der Waals surface area contributed by atoms with E-state index in [0.717, 1.165) is 6.54 Å².